The summed E-state index contributed by atoms with van der Waals surface area (Å²) in [5, 5.41) is 23.0. The third kappa shape index (κ3) is 7.92. The maximum Gasteiger partial charge on any atom is 0.414 e. The number of carbonyl (C=O) groups excluding carboxylic acids is 6. The molecule has 0 spiro atoms. The van der Waals surface area contributed by atoms with Crippen LogP contribution in [0.2, 0.25) is 0 Å². The fourth-order valence-electron chi connectivity index (χ4n) is 18.2. The van der Waals surface area contributed by atoms with E-state index in [1.54, 1.807) is 13.8 Å². The summed E-state index contributed by atoms with van der Waals surface area (Å²) in [5.74, 6) is -5.40. The van der Waals surface area contributed by atoms with Gasteiger partial charge in [-0.2, -0.15) is 0 Å². The highest BCUT2D eigenvalue weighted by Gasteiger charge is 2.80. The molecular formula is C59H67ClF6N2O10. The molecule has 19 heteroatoms. The second-order valence-electron chi connectivity index (χ2n) is 24.2. The number of alkyl halides is 6. The van der Waals surface area contributed by atoms with Gasteiger partial charge in [0.05, 0.1) is 35.6 Å². The molecule has 8 fully saturated rings. The van der Waals surface area contributed by atoms with Gasteiger partial charge in [-0.3, -0.25) is 24.1 Å². The third-order valence-electron chi connectivity index (χ3n) is 21.5. The second-order valence-corrected chi connectivity index (χ2v) is 24.6. The van der Waals surface area contributed by atoms with E-state index in [2.05, 4.69) is 34.4 Å². The molecule has 78 heavy (non-hydrogen) atoms. The van der Waals surface area contributed by atoms with Gasteiger partial charge in [-0.25, -0.2) is 35.9 Å². The van der Waals surface area contributed by atoms with Gasteiger partial charge in [0, 0.05) is 67.0 Å². The Hall–Kier alpha value is -5.17. The largest absolute Gasteiger partial charge is 0.423 e. The van der Waals surface area contributed by atoms with E-state index >= 15 is 17.6 Å². The molecule has 422 valence electrons. The number of allylic oxidation sites excluding steroid dienone is 8. The number of likely N-dealkylation sites (tertiary alicyclic amines) is 2. The van der Waals surface area contributed by atoms with Crippen LogP contribution in [0.15, 0.2) is 104 Å². The summed E-state index contributed by atoms with van der Waals surface area (Å²) in [6, 6.07) is 9.88. The molecule has 1 aromatic carbocycles. The van der Waals surface area contributed by atoms with Crippen LogP contribution in [0.1, 0.15) is 71.8 Å². The minimum Gasteiger partial charge on any atom is -0.423 e. The summed E-state index contributed by atoms with van der Waals surface area (Å²) < 4.78 is 103. The Labute approximate surface area is 454 Å². The normalized spacial score (nSPS) is 44.1. The highest BCUT2D eigenvalue weighted by atomic mass is 35.5. The Morgan fingerprint density at radius 2 is 1.14 bits per heavy atom. The van der Waals surface area contributed by atoms with E-state index in [9.17, 15) is 47.8 Å². The van der Waals surface area contributed by atoms with Crippen molar-refractivity contribution < 1.29 is 74.8 Å². The first-order chi connectivity index (χ1) is 36.7. The summed E-state index contributed by atoms with van der Waals surface area (Å²) in [5.41, 5.74) is -11.5. The highest BCUT2D eigenvalue weighted by Crippen LogP contribution is 2.76. The molecule has 2 saturated heterocycles. The van der Waals surface area contributed by atoms with Crippen molar-refractivity contribution in [2.24, 2.45) is 68.0 Å². The molecule has 0 aromatic heterocycles. The summed E-state index contributed by atoms with van der Waals surface area (Å²) >= 11 is 4.65. The number of ketones is 4. The molecule has 2 N–H and O–H groups in total. The lowest BCUT2D eigenvalue weighted by molar-refractivity contribution is -0.211. The molecule has 0 unspecified atom stereocenters. The SMILES string of the molecule is C=COC(=O)Cl.C=COC(=O)N1C[C@@H]2C[C@H]3[C@@H]4C[C@H](F)C5=CC(=O)C=C[C@]5(C)[C@@]4(F)[C@@H](O)C[C@]3(C)[C@]2(C(=O)CF)C1.C[C@]12C=CC(=O)C=C1[C@@H](F)C[C@H]1[C@@H]3C[C@H]4CN(Cc5ccccc5)C[C@@]4(C(=O)CF)[C@@]3(C)C[C@H](O)[C@@]12F. The summed E-state index contributed by atoms with van der Waals surface area (Å²) in [6.07, 6.45) is 2.82. The van der Waals surface area contributed by atoms with E-state index in [-0.39, 0.29) is 74.0 Å². The zero-order chi connectivity index (χ0) is 56.9. The number of hydrogen-bond acceptors (Lipinski definition) is 11. The van der Waals surface area contributed by atoms with Crippen LogP contribution in [-0.2, 0) is 35.2 Å². The van der Waals surface area contributed by atoms with Gasteiger partial charge in [0.15, 0.2) is 34.5 Å². The lowest BCUT2D eigenvalue weighted by Gasteiger charge is -2.63. The topological polar surface area (TPSA) is 168 Å². The Balaban J connectivity index is 0.000000172. The van der Waals surface area contributed by atoms with Gasteiger partial charge >= 0.3 is 11.5 Å². The zero-order valence-corrected chi connectivity index (χ0v) is 44.8. The monoisotopic (exact) mass is 1110 g/mol. The number of nitrogens with zero attached hydrogens (tertiary/aromatic N) is 2. The van der Waals surface area contributed by atoms with Crippen LogP contribution in [0.25, 0.3) is 0 Å². The van der Waals surface area contributed by atoms with Gasteiger partial charge in [-0.1, -0.05) is 69.5 Å². The van der Waals surface area contributed by atoms with Crippen LogP contribution in [0.4, 0.5) is 35.9 Å². The number of halogens is 7. The lowest BCUT2D eigenvalue weighted by Crippen LogP contribution is -2.69. The van der Waals surface area contributed by atoms with E-state index in [1.807, 2.05) is 37.3 Å². The quantitative estimate of drug-likeness (QED) is 0.145. The number of amides is 1. The molecule has 6 saturated carbocycles. The highest BCUT2D eigenvalue weighted by molar-refractivity contribution is 6.61. The average molecular weight is 1110 g/mol. The van der Waals surface area contributed by atoms with Crippen molar-refractivity contribution in [1.29, 1.82) is 0 Å². The molecule has 2 aliphatic heterocycles. The van der Waals surface area contributed by atoms with E-state index in [1.165, 1.54) is 42.2 Å². The number of rotatable bonds is 8. The average Bonchev–Trinajstić information content (AvgIpc) is 2.65. The van der Waals surface area contributed by atoms with E-state index in [0.29, 0.717) is 26.1 Å². The van der Waals surface area contributed by atoms with Crippen molar-refractivity contribution in [3.63, 3.8) is 0 Å². The van der Waals surface area contributed by atoms with Gasteiger partial charge in [-0.05, 0) is 128 Å². The van der Waals surface area contributed by atoms with Gasteiger partial charge in [0.1, 0.15) is 25.7 Å². The smallest absolute Gasteiger partial charge is 0.414 e. The van der Waals surface area contributed by atoms with Crippen LogP contribution >= 0.6 is 11.6 Å². The van der Waals surface area contributed by atoms with Crippen molar-refractivity contribution in [1.82, 2.24) is 9.80 Å². The molecule has 2 heterocycles. The summed E-state index contributed by atoms with van der Waals surface area (Å²) in [4.78, 5) is 76.2. The fraction of sp³-hybridized carbons (Fsp3) is 0.593. The van der Waals surface area contributed by atoms with Crippen LogP contribution in [0.3, 0.4) is 0 Å². The van der Waals surface area contributed by atoms with Crippen LogP contribution in [-0.4, -0.2) is 130 Å². The molecule has 8 aliphatic carbocycles. The standard InChI is InChI=1S/C30H34F3NO3.C26H30F3NO5.C3H3ClO2/c1-27-9-8-20(35)11-23(27)24(32)12-22-21-10-19-16-34(15-18-6-4-3-5-7-18)17-29(19,26(37)14-31)28(21,2)13-25(36)30(22,27)33;1-4-35-22(34)30-12-14-7-16-17-9-19(28)18-8-15(31)5-6-23(18,2)26(17,29)20(32)10-24(16,3)25(14,13-30)21(33)11-27;1-2-6-3(4)5/h3-9,11,19,21-22,24-25,36H,10,12-17H2,1-2H3;4-6,8,14,16-17,19-20,32H,1,7,9-13H2,2-3H3;2H,1H2/t19-,21-,22-,24-,25-,27-,28-,29+,30-;14-,16-,17-,19-,20-,23-,24-,25+,26-;/m00./s1. The number of aliphatic hydroxyl groups excluding tert-OH is 2. The molecule has 10 aliphatic rings. The maximum atomic E-state index is 17.4. The van der Waals surface area contributed by atoms with Crippen molar-refractivity contribution >= 4 is 46.3 Å². The minimum absolute atomic E-state index is 0.00626. The first-order valence-corrected chi connectivity index (χ1v) is 27.0. The minimum atomic E-state index is -2.27. The molecule has 12 nitrogen and oxygen atoms in total. The number of Topliss-reactive ketones (excluding diaryl/α,β-unsaturated/α-hetero) is 2. The Kier molecular flexibility index (Phi) is 14.8. The second kappa shape index (κ2) is 20.1. The Morgan fingerprint density at radius 3 is 1.56 bits per heavy atom. The molecular weight excluding hydrogens is 1050 g/mol. The van der Waals surface area contributed by atoms with Crippen LogP contribution in [0, 0.1) is 68.0 Å². The summed E-state index contributed by atoms with van der Waals surface area (Å²) in [6.45, 7) is 12.3. The Morgan fingerprint density at radius 1 is 0.692 bits per heavy atom. The van der Waals surface area contributed by atoms with E-state index in [4.69, 9.17) is 4.74 Å². The van der Waals surface area contributed by atoms with Crippen molar-refractivity contribution in [2.45, 2.75) is 109 Å². The van der Waals surface area contributed by atoms with Crippen molar-refractivity contribution in [3.8, 4) is 0 Å². The molecule has 18 atom stereocenters. The predicted molar refractivity (Wildman–Crippen MR) is 274 cm³/mol. The molecule has 0 radical (unpaired) electrons. The number of hydrogen-bond donors (Lipinski definition) is 2. The first-order valence-electron chi connectivity index (χ1n) is 26.6. The number of fused-ring (bicyclic) bond motifs is 14. The molecule has 1 aromatic rings. The molecule has 1 amide bonds. The van der Waals surface area contributed by atoms with Gasteiger partial charge < -0.3 is 24.6 Å². The lowest BCUT2D eigenvalue weighted by atomic mass is 9.43. The van der Waals surface area contributed by atoms with E-state index < -0.39 is 134 Å². The zero-order valence-electron chi connectivity index (χ0n) is 44.1. The van der Waals surface area contributed by atoms with Crippen molar-refractivity contribution in [2.75, 3.05) is 39.5 Å². The Bertz CT molecular complexity index is 2820. The maximum absolute atomic E-state index is 17.4. The first kappa shape index (κ1) is 57.5. The predicted octanol–water partition coefficient (Wildman–Crippen LogP) is 9.73. The van der Waals surface area contributed by atoms with Crippen LogP contribution in [0.5, 0.6) is 0 Å². The molecule has 0 bridgehead atoms. The summed E-state index contributed by atoms with van der Waals surface area (Å²) in [7, 11) is 0. The van der Waals surface area contributed by atoms with Gasteiger partial charge in [0.25, 0.3) is 0 Å². The molecule has 11 rings (SSSR count). The van der Waals surface area contributed by atoms with E-state index in [0.717, 1.165) is 24.2 Å². The third-order valence-corrected chi connectivity index (χ3v) is 21.6. The number of aliphatic hydroxyl groups is 2. The number of ether oxygens (including phenoxy) is 2. The number of carbonyl (C=O) groups is 6. The van der Waals surface area contributed by atoms with Crippen LogP contribution < -0.4 is 0 Å². The van der Waals surface area contributed by atoms with Gasteiger partial charge in [-0.15, -0.1) is 0 Å². The fourth-order valence-corrected chi connectivity index (χ4v) is 18.3. The van der Waals surface area contributed by atoms with Crippen molar-refractivity contribution in [3.05, 3.63) is 109 Å². The number of benzene rings is 1. The van der Waals surface area contributed by atoms with Gasteiger partial charge in [0.2, 0.25) is 0 Å².